The maximum absolute atomic E-state index is 0. The van der Waals surface area contributed by atoms with Gasteiger partial charge in [-0.25, -0.2) is 0 Å². The fourth-order valence-corrected chi connectivity index (χ4v) is 0. The van der Waals surface area contributed by atoms with Crippen LogP contribution in [-0.4, -0.2) is 0 Å². The Morgan fingerprint density at radius 2 is 0.571 bits per heavy atom. The van der Waals surface area contributed by atoms with Crippen LogP contribution in [0, 0.1) is 0 Å². The van der Waals surface area contributed by atoms with Gasteiger partial charge in [0.25, 0.3) is 0 Å². The van der Waals surface area contributed by atoms with E-state index < -0.39 is 0 Å². The minimum atomic E-state index is 0. The molecule has 0 aliphatic rings. The molecular weight excluding hydrogens is 359 g/mol. The van der Waals surface area contributed by atoms with E-state index in [0.717, 1.165) is 0 Å². The first kappa shape index (κ1) is 200. The monoisotopic (exact) mass is 359 g/mol. The molecule has 0 fully saturated rings. The van der Waals surface area contributed by atoms with Gasteiger partial charge in [0, 0.05) is 38.1 Å². The molecule has 0 N–H and O–H groups in total. The maximum atomic E-state index is 0. The van der Waals surface area contributed by atoms with E-state index in [1.807, 2.05) is 0 Å². The summed E-state index contributed by atoms with van der Waals surface area (Å²) in [6.07, 6.45) is 0. The summed E-state index contributed by atoms with van der Waals surface area (Å²) in [7, 11) is 0. The third kappa shape index (κ3) is 95.5. The molecule has 4 nitrogen and oxygen atoms in total. The molecule has 0 aromatic rings. The molecule has 0 atom stereocenters. The summed E-state index contributed by atoms with van der Waals surface area (Å²) in [5.41, 5.74) is 0. The van der Waals surface area contributed by atoms with Crippen molar-refractivity contribution < 1.29 is 77.1 Å². The molecule has 0 saturated heterocycles. The number of rotatable bonds is 0. The fraction of sp³-hybridized carbons (Fsp3) is 0. The standard InChI is InChI=1S/Fe.Mn.4O.W/q;+2;4*-2;. The zero-order chi connectivity index (χ0) is 0. The molecule has 0 rings (SSSR count). The van der Waals surface area contributed by atoms with Gasteiger partial charge in [-0.2, -0.15) is 0 Å². The fourth-order valence-electron chi connectivity index (χ4n) is 0. The third-order valence-electron chi connectivity index (χ3n) is 0. The van der Waals surface area contributed by atoms with Crippen LogP contribution < -0.4 is 0 Å². The van der Waals surface area contributed by atoms with E-state index in [2.05, 4.69) is 0 Å². The van der Waals surface area contributed by atoms with E-state index in [9.17, 15) is 0 Å². The van der Waals surface area contributed by atoms with Crippen molar-refractivity contribution in [2.75, 3.05) is 0 Å². The summed E-state index contributed by atoms with van der Waals surface area (Å²) in [5.74, 6) is 0. The Bertz CT molecular complexity index is 11.7. The molecule has 0 heterocycles. The predicted molar refractivity (Wildman–Crippen MR) is 2.75 cm³/mol. The van der Waals surface area contributed by atoms with Gasteiger partial charge in [0.1, 0.15) is 0 Å². The van der Waals surface area contributed by atoms with Crippen LogP contribution in [0.4, 0.5) is 0 Å². The Morgan fingerprint density at radius 1 is 0.571 bits per heavy atom. The third-order valence-corrected chi connectivity index (χ3v) is 0. The van der Waals surface area contributed by atoms with Crippen LogP contribution in [0.1, 0.15) is 0 Å². The minimum absolute atomic E-state index is 0. The normalized spacial score (nSPS) is 0. The number of hydrogen-bond donors (Lipinski definition) is 0. The van der Waals surface area contributed by atoms with Crippen molar-refractivity contribution in [2.24, 2.45) is 0 Å². The summed E-state index contributed by atoms with van der Waals surface area (Å²) >= 11 is 0. The Labute approximate surface area is 76.9 Å². The molecule has 0 aliphatic carbocycles. The average Bonchev–Trinajstić information content (AvgIpc) is 0. The quantitative estimate of drug-likeness (QED) is 0.520. The smallest absolute Gasteiger partial charge is 2.00 e. The second-order valence-electron chi connectivity index (χ2n) is 0. The van der Waals surface area contributed by atoms with Gasteiger partial charge < -0.3 is 21.9 Å². The molecule has 7 heteroatoms. The molecular formula is FeMnO4W-6. The molecule has 7 heavy (non-hydrogen) atoms. The summed E-state index contributed by atoms with van der Waals surface area (Å²) in [4.78, 5) is 0. The van der Waals surface area contributed by atoms with Gasteiger partial charge in [0.15, 0.2) is 0 Å². The molecule has 0 bridgehead atoms. The second kappa shape index (κ2) is 133. The van der Waals surface area contributed by atoms with Crippen LogP contribution >= 0.6 is 0 Å². The first-order valence-corrected chi connectivity index (χ1v) is 0. The van der Waals surface area contributed by atoms with Crippen molar-refractivity contribution in [3.05, 3.63) is 0 Å². The van der Waals surface area contributed by atoms with Gasteiger partial charge in [-0.1, -0.05) is 0 Å². The van der Waals surface area contributed by atoms with Crippen LogP contribution in [0.3, 0.4) is 0 Å². The molecule has 0 aromatic heterocycles. The zero-order valence-corrected chi connectivity index (χ0v) is 7.99. The van der Waals surface area contributed by atoms with Crippen molar-refractivity contribution >= 4 is 0 Å². The summed E-state index contributed by atoms with van der Waals surface area (Å²) < 4.78 is 0. The summed E-state index contributed by atoms with van der Waals surface area (Å²) in [5, 5.41) is 0. The van der Waals surface area contributed by atoms with Crippen molar-refractivity contribution in [2.45, 2.75) is 0 Å². The molecule has 0 aromatic carbocycles. The van der Waals surface area contributed by atoms with E-state index in [0.29, 0.717) is 0 Å². The molecule has 0 spiro atoms. The largest absolute Gasteiger partial charge is 2.00 e. The van der Waals surface area contributed by atoms with E-state index >= 15 is 0 Å². The average molecular weight is 359 g/mol. The molecule has 0 unspecified atom stereocenters. The van der Waals surface area contributed by atoms with Crippen LogP contribution in [-0.2, 0) is 77.1 Å². The van der Waals surface area contributed by atoms with Crippen molar-refractivity contribution in [1.29, 1.82) is 0 Å². The minimum Gasteiger partial charge on any atom is -2.00 e. The predicted octanol–water partition coefficient (Wildman–Crippen LogP) is -0.483. The van der Waals surface area contributed by atoms with Gasteiger partial charge in [0.05, 0.1) is 0 Å². The summed E-state index contributed by atoms with van der Waals surface area (Å²) in [6.45, 7) is 0. The van der Waals surface area contributed by atoms with E-state index in [4.69, 9.17) is 0 Å². The van der Waals surface area contributed by atoms with Crippen LogP contribution in [0.5, 0.6) is 0 Å². The van der Waals surface area contributed by atoms with Crippen molar-refractivity contribution in [3.8, 4) is 0 Å². The van der Waals surface area contributed by atoms with Crippen molar-refractivity contribution in [1.82, 2.24) is 0 Å². The van der Waals surface area contributed by atoms with Gasteiger partial charge in [0.2, 0.25) is 0 Å². The summed E-state index contributed by atoms with van der Waals surface area (Å²) in [6, 6.07) is 0. The van der Waals surface area contributed by atoms with Crippen LogP contribution in [0.2, 0.25) is 0 Å². The van der Waals surface area contributed by atoms with Gasteiger partial charge >= 0.3 is 17.1 Å². The first-order valence-electron chi connectivity index (χ1n) is 0. The Kier molecular flexibility index (Phi) is 3790. The Balaban J connectivity index is 0. The molecule has 0 saturated carbocycles. The SMILES string of the molecule is [Fe].[Mn+2].[O-2].[O-2].[O-2].[O-2].[W]. The second-order valence-corrected chi connectivity index (χ2v) is 0. The van der Waals surface area contributed by atoms with Crippen LogP contribution in [0.25, 0.3) is 0 Å². The van der Waals surface area contributed by atoms with E-state index in [-0.39, 0.29) is 77.1 Å². The molecule has 51 valence electrons. The van der Waals surface area contributed by atoms with E-state index in [1.165, 1.54) is 0 Å². The topological polar surface area (TPSA) is 114 Å². The maximum Gasteiger partial charge on any atom is 2.00 e. The van der Waals surface area contributed by atoms with Crippen LogP contribution in [0.15, 0.2) is 0 Å². The van der Waals surface area contributed by atoms with Crippen molar-refractivity contribution in [3.63, 3.8) is 0 Å². The Hall–Kier alpha value is 1.57. The van der Waals surface area contributed by atoms with E-state index in [1.54, 1.807) is 0 Å². The Morgan fingerprint density at radius 3 is 0.571 bits per heavy atom. The zero-order valence-electron chi connectivity index (χ0n) is 2.77. The molecule has 1 radical (unpaired) electrons. The van der Waals surface area contributed by atoms with Gasteiger partial charge in [-0.15, -0.1) is 0 Å². The molecule has 0 amide bonds. The number of hydrogen-bond acceptors (Lipinski definition) is 0. The van der Waals surface area contributed by atoms with Gasteiger partial charge in [-0.05, 0) is 0 Å². The first-order chi connectivity index (χ1) is 0. The van der Waals surface area contributed by atoms with Gasteiger partial charge in [-0.3, -0.25) is 0 Å². The molecule has 0 aliphatic heterocycles.